The fourth-order valence-corrected chi connectivity index (χ4v) is 6.30. The van der Waals surface area contributed by atoms with E-state index >= 15 is 0 Å². The molecular weight excluding hydrogens is 511 g/mol. The number of pyridine rings is 1. The molecule has 0 radical (unpaired) electrons. The van der Waals surface area contributed by atoms with Crippen molar-refractivity contribution in [1.82, 2.24) is 9.88 Å². The number of carbonyl (C=O) groups excluding carboxylic acids is 2. The number of aromatic nitrogens is 1. The first kappa shape index (κ1) is 25.8. The monoisotopic (exact) mass is 540 g/mol. The molecule has 1 amide bonds. The van der Waals surface area contributed by atoms with Crippen LogP contribution in [0.3, 0.4) is 0 Å². The molecule has 1 aliphatic heterocycles. The Morgan fingerprint density at radius 3 is 2.41 bits per heavy atom. The standard InChI is InChI=1S/C28H30Cl2N4O3/c1-15(35)21-14-32-24-9-4-16(17-12-22(29)27(36)23(30)13-17)11-20(24)26(21)33-18-5-7-19(8-6-18)34-10-2-3-25(34)28(31)37/h4,9,11-14,18-19,25,36H,2-3,5-8,10H2,1H3,(H2,31,37)(H,32,33)/t18?,19?,25-/m0/s1. The topological polar surface area (TPSA) is 109 Å². The van der Waals surface area contributed by atoms with Crippen molar-refractivity contribution in [3.8, 4) is 16.9 Å². The number of fused-ring (bicyclic) bond motifs is 1. The van der Waals surface area contributed by atoms with Crippen LogP contribution in [0.5, 0.6) is 5.75 Å². The highest BCUT2D eigenvalue weighted by Crippen LogP contribution is 2.39. The number of nitrogens with two attached hydrogens (primary N) is 1. The van der Waals surface area contributed by atoms with Crippen LogP contribution < -0.4 is 11.1 Å². The predicted molar refractivity (Wildman–Crippen MR) is 147 cm³/mol. The van der Waals surface area contributed by atoms with Crippen LogP contribution in [-0.4, -0.2) is 51.4 Å². The van der Waals surface area contributed by atoms with Gasteiger partial charge in [0.15, 0.2) is 11.5 Å². The number of carbonyl (C=O) groups is 2. The van der Waals surface area contributed by atoms with Crippen molar-refractivity contribution in [2.24, 2.45) is 5.73 Å². The van der Waals surface area contributed by atoms with Gasteiger partial charge in [-0.1, -0.05) is 29.3 Å². The number of ketones is 1. The number of nitrogens with one attached hydrogen (secondary N) is 1. The fraction of sp³-hybridized carbons (Fsp3) is 0.393. The van der Waals surface area contributed by atoms with Crippen LogP contribution >= 0.6 is 23.2 Å². The molecule has 1 saturated heterocycles. The largest absolute Gasteiger partial charge is 0.505 e. The molecule has 0 unspecified atom stereocenters. The number of nitrogens with zero attached hydrogens (tertiary/aromatic N) is 2. The number of phenols is 1. The lowest BCUT2D eigenvalue weighted by molar-refractivity contribution is -0.123. The van der Waals surface area contributed by atoms with Crippen molar-refractivity contribution < 1.29 is 14.7 Å². The van der Waals surface area contributed by atoms with E-state index in [0.29, 0.717) is 11.6 Å². The minimum atomic E-state index is -0.223. The Labute approximate surface area is 225 Å². The van der Waals surface area contributed by atoms with E-state index in [2.05, 4.69) is 15.2 Å². The molecule has 2 fully saturated rings. The molecule has 2 aliphatic rings. The molecule has 1 saturated carbocycles. The molecule has 0 spiro atoms. The van der Waals surface area contributed by atoms with Gasteiger partial charge in [0.25, 0.3) is 0 Å². The molecular formula is C28H30Cl2N4O3. The van der Waals surface area contributed by atoms with E-state index in [1.165, 1.54) is 0 Å². The maximum absolute atomic E-state index is 12.6. The summed E-state index contributed by atoms with van der Waals surface area (Å²) >= 11 is 12.3. The van der Waals surface area contributed by atoms with Gasteiger partial charge in [0.1, 0.15) is 0 Å². The van der Waals surface area contributed by atoms with Gasteiger partial charge in [-0.05, 0) is 87.4 Å². The third-order valence-electron chi connectivity index (χ3n) is 7.73. The van der Waals surface area contributed by atoms with E-state index in [4.69, 9.17) is 28.9 Å². The zero-order valence-corrected chi connectivity index (χ0v) is 22.1. The summed E-state index contributed by atoms with van der Waals surface area (Å²) in [5.41, 5.74) is 9.32. The number of phenolic OH excluding ortho intramolecular Hbond substituents is 1. The molecule has 2 heterocycles. The first-order valence-corrected chi connectivity index (χ1v) is 13.4. The second-order valence-electron chi connectivity index (χ2n) is 10.1. The molecule has 2 aromatic carbocycles. The Balaban J connectivity index is 1.43. The minimum absolute atomic E-state index is 0.0620. The molecule has 9 heteroatoms. The Hall–Kier alpha value is -2.87. The number of halogens is 2. The lowest BCUT2D eigenvalue weighted by Gasteiger charge is -2.37. The summed E-state index contributed by atoms with van der Waals surface area (Å²) in [6.45, 7) is 2.47. The number of primary amides is 1. The number of aromatic hydroxyl groups is 1. The highest BCUT2D eigenvalue weighted by atomic mass is 35.5. The van der Waals surface area contributed by atoms with Crippen LogP contribution in [0.2, 0.25) is 10.0 Å². The summed E-state index contributed by atoms with van der Waals surface area (Å²) in [6, 6.07) is 9.53. The Morgan fingerprint density at radius 2 is 1.76 bits per heavy atom. The second-order valence-corrected chi connectivity index (χ2v) is 10.9. The summed E-state index contributed by atoms with van der Waals surface area (Å²) in [7, 11) is 0. The van der Waals surface area contributed by atoms with Gasteiger partial charge in [-0.15, -0.1) is 0 Å². The van der Waals surface area contributed by atoms with E-state index in [9.17, 15) is 14.7 Å². The van der Waals surface area contributed by atoms with Gasteiger partial charge in [-0.2, -0.15) is 0 Å². The Kier molecular flexibility index (Phi) is 7.30. The van der Waals surface area contributed by atoms with Crippen molar-refractivity contribution in [1.29, 1.82) is 0 Å². The second kappa shape index (κ2) is 10.5. The molecule has 4 N–H and O–H groups in total. The van der Waals surface area contributed by atoms with E-state index in [-0.39, 0.29) is 39.6 Å². The highest BCUT2D eigenvalue weighted by Gasteiger charge is 2.36. The van der Waals surface area contributed by atoms with Crippen molar-refractivity contribution in [2.75, 3.05) is 11.9 Å². The van der Waals surface area contributed by atoms with Crippen LogP contribution in [0.15, 0.2) is 36.5 Å². The molecule has 37 heavy (non-hydrogen) atoms. The average molecular weight is 541 g/mol. The normalized spacial score (nSPS) is 22.3. The van der Waals surface area contributed by atoms with Crippen molar-refractivity contribution >= 4 is 51.5 Å². The molecule has 1 aromatic heterocycles. The van der Waals surface area contributed by atoms with Gasteiger partial charge >= 0.3 is 0 Å². The minimum Gasteiger partial charge on any atom is -0.505 e. The van der Waals surface area contributed by atoms with Gasteiger partial charge in [-0.3, -0.25) is 19.5 Å². The number of anilines is 1. The number of benzene rings is 2. The number of amides is 1. The van der Waals surface area contributed by atoms with Crippen LogP contribution in [0.1, 0.15) is 55.8 Å². The van der Waals surface area contributed by atoms with Gasteiger partial charge in [0, 0.05) is 23.7 Å². The van der Waals surface area contributed by atoms with E-state index in [0.717, 1.165) is 72.8 Å². The molecule has 1 aliphatic carbocycles. The summed E-state index contributed by atoms with van der Waals surface area (Å²) in [6.07, 6.45) is 7.28. The quantitative estimate of drug-likeness (QED) is 0.341. The first-order valence-electron chi connectivity index (χ1n) is 12.7. The summed E-state index contributed by atoms with van der Waals surface area (Å²) < 4.78 is 0. The van der Waals surface area contributed by atoms with E-state index in [1.807, 2.05) is 18.2 Å². The van der Waals surface area contributed by atoms with Crippen molar-refractivity contribution in [2.45, 2.75) is 63.6 Å². The fourth-order valence-electron chi connectivity index (χ4n) is 5.81. The van der Waals surface area contributed by atoms with Gasteiger partial charge in [0.05, 0.1) is 32.9 Å². The number of likely N-dealkylation sites (tertiary alicyclic amines) is 1. The summed E-state index contributed by atoms with van der Waals surface area (Å²) in [4.78, 5) is 31.3. The van der Waals surface area contributed by atoms with Gasteiger partial charge in [0.2, 0.25) is 5.91 Å². The van der Waals surface area contributed by atoms with Crippen LogP contribution in [0.25, 0.3) is 22.0 Å². The SMILES string of the molecule is CC(=O)c1cnc2ccc(-c3cc(Cl)c(O)c(Cl)c3)cc2c1NC1CCC(N2CCC[C@H]2C(N)=O)CC1. The average Bonchev–Trinajstić information content (AvgIpc) is 3.38. The number of Topliss-reactive ketones (excluding diaryl/α,β-unsaturated/α-hetero) is 1. The molecule has 0 bridgehead atoms. The zero-order chi connectivity index (χ0) is 26.3. The number of hydrogen-bond acceptors (Lipinski definition) is 6. The smallest absolute Gasteiger partial charge is 0.234 e. The Bertz CT molecular complexity index is 1350. The van der Waals surface area contributed by atoms with E-state index < -0.39 is 0 Å². The van der Waals surface area contributed by atoms with Gasteiger partial charge in [-0.25, -0.2) is 0 Å². The summed E-state index contributed by atoms with van der Waals surface area (Å²) in [5.74, 6) is -0.436. The Morgan fingerprint density at radius 1 is 1.05 bits per heavy atom. The predicted octanol–water partition coefficient (Wildman–Crippen LogP) is 5.79. The third kappa shape index (κ3) is 5.13. The zero-order valence-electron chi connectivity index (χ0n) is 20.6. The van der Waals surface area contributed by atoms with Crippen molar-refractivity contribution in [3.05, 3.63) is 52.1 Å². The molecule has 7 nitrogen and oxygen atoms in total. The van der Waals surface area contributed by atoms with Crippen molar-refractivity contribution in [3.63, 3.8) is 0 Å². The molecule has 5 rings (SSSR count). The summed E-state index contributed by atoms with van der Waals surface area (Å²) in [5, 5.41) is 14.8. The molecule has 194 valence electrons. The lowest BCUT2D eigenvalue weighted by atomic mass is 9.89. The number of hydrogen-bond donors (Lipinski definition) is 3. The maximum Gasteiger partial charge on any atom is 0.234 e. The lowest BCUT2D eigenvalue weighted by Crippen LogP contribution is -2.48. The first-order chi connectivity index (χ1) is 17.7. The number of rotatable bonds is 6. The van der Waals surface area contributed by atoms with Gasteiger partial charge < -0.3 is 16.2 Å². The maximum atomic E-state index is 12.6. The third-order valence-corrected chi connectivity index (χ3v) is 8.31. The van der Waals surface area contributed by atoms with Crippen LogP contribution in [0, 0.1) is 0 Å². The highest BCUT2D eigenvalue weighted by molar-refractivity contribution is 6.37. The van der Waals surface area contributed by atoms with E-state index in [1.54, 1.807) is 25.3 Å². The molecule has 1 atom stereocenters. The van der Waals surface area contributed by atoms with Crippen LogP contribution in [0.4, 0.5) is 5.69 Å². The van der Waals surface area contributed by atoms with Crippen LogP contribution in [-0.2, 0) is 4.79 Å². The molecule has 3 aromatic rings.